The largest absolute Gasteiger partial charge is 0.465 e. The molecule has 0 unspecified atom stereocenters. The van der Waals surface area contributed by atoms with Gasteiger partial charge >= 0.3 is 5.97 Å². The van der Waals surface area contributed by atoms with E-state index in [0.717, 1.165) is 17.3 Å². The van der Waals surface area contributed by atoms with E-state index in [-0.39, 0.29) is 0 Å². The number of carbonyl (C=O) groups excluding carboxylic acids is 1. The summed E-state index contributed by atoms with van der Waals surface area (Å²) in [5.74, 6) is 0.762. The molecule has 6 nitrogen and oxygen atoms in total. The lowest BCUT2D eigenvalue weighted by atomic mass is 10.1. The first kappa shape index (κ1) is 13.1. The molecule has 0 fully saturated rings. The Morgan fingerprint density at radius 3 is 2.84 bits per heavy atom. The van der Waals surface area contributed by atoms with Crippen molar-refractivity contribution in [2.24, 2.45) is 0 Å². The van der Waals surface area contributed by atoms with Gasteiger partial charge in [0.1, 0.15) is 5.40 Å². The SMILES string of the molecule is COC(=O)c1ccc(-c2noc(CSC#N)n2)cc1. The summed E-state index contributed by atoms with van der Waals surface area (Å²) < 4.78 is 9.60. The maximum absolute atomic E-state index is 11.3. The van der Waals surface area contributed by atoms with Gasteiger partial charge in [-0.05, 0) is 23.9 Å². The summed E-state index contributed by atoms with van der Waals surface area (Å²) in [5, 5.41) is 14.2. The highest BCUT2D eigenvalue weighted by Crippen LogP contribution is 2.18. The van der Waals surface area contributed by atoms with Crippen LogP contribution in [0.15, 0.2) is 28.8 Å². The van der Waals surface area contributed by atoms with E-state index >= 15 is 0 Å². The molecule has 0 saturated heterocycles. The molecule has 0 spiro atoms. The number of hydrogen-bond acceptors (Lipinski definition) is 7. The van der Waals surface area contributed by atoms with Crippen LogP contribution in [-0.4, -0.2) is 23.2 Å². The number of benzene rings is 1. The molecule has 0 atom stereocenters. The maximum Gasteiger partial charge on any atom is 0.337 e. The number of esters is 1. The summed E-state index contributed by atoms with van der Waals surface area (Å²) in [6.07, 6.45) is 0. The van der Waals surface area contributed by atoms with E-state index < -0.39 is 5.97 Å². The highest BCUT2D eigenvalue weighted by molar-refractivity contribution is 8.02. The molecule has 1 aromatic heterocycles. The van der Waals surface area contributed by atoms with Crippen molar-refractivity contribution in [1.29, 1.82) is 5.26 Å². The molecule has 0 bridgehead atoms. The fourth-order valence-electron chi connectivity index (χ4n) is 1.40. The van der Waals surface area contributed by atoms with Gasteiger partial charge in [0.25, 0.3) is 0 Å². The quantitative estimate of drug-likeness (QED) is 0.624. The summed E-state index contributed by atoms with van der Waals surface area (Å²) in [4.78, 5) is 15.4. The second-order valence-electron chi connectivity index (χ2n) is 3.46. The van der Waals surface area contributed by atoms with Gasteiger partial charge in [-0.3, -0.25) is 0 Å². The Labute approximate surface area is 113 Å². The lowest BCUT2D eigenvalue weighted by Crippen LogP contribution is -2.00. The van der Waals surface area contributed by atoms with Crippen LogP contribution >= 0.6 is 11.8 Å². The lowest BCUT2D eigenvalue weighted by Gasteiger charge is -1.99. The predicted octanol–water partition coefficient (Wildman–Crippen LogP) is 2.24. The normalized spacial score (nSPS) is 9.89. The summed E-state index contributed by atoms with van der Waals surface area (Å²) in [5.41, 5.74) is 1.18. The third kappa shape index (κ3) is 3.11. The number of ether oxygens (including phenoxy) is 1. The van der Waals surface area contributed by atoms with Crippen LogP contribution in [0, 0.1) is 10.7 Å². The van der Waals surface area contributed by atoms with Crippen molar-refractivity contribution in [1.82, 2.24) is 10.1 Å². The van der Waals surface area contributed by atoms with Gasteiger partial charge in [0.2, 0.25) is 11.7 Å². The number of nitriles is 1. The Balaban J connectivity index is 2.16. The smallest absolute Gasteiger partial charge is 0.337 e. The van der Waals surface area contributed by atoms with Gasteiger partial charge in [0.15, 0.2) is 0 Å². The second kappa shape index (κ2) is 6.02. The van der Waals surface area contributed by atoms with Crippen molar-refractivity contribution in [2.75, 3.05) is 7.11 Å². The molecule has 96 valence electrons. The van der Waals surface area contributed by atoms with Crippen molar-refractivity contribution < 1.29 is 14.1 Å². The molecule has 1 aromatic carbocycles. The van der Waals surface area contributed by atoms with Crippen LogP contribution in [0.1, 0.15) is 16.2 Å². The lowest BCUT2D eigenvalue weighted by molar-refractivity contribution is 0.0601. The summed E-state index contributed by atoms with van der Waals surface area (Å²) in [6.45, 7) is 0. The Morgan fingerprint density at radius 1 is 1.47 bits per heavy atom. The highest BCUT2D eigenvalue weighted by Gasteiger charge is 2.10. The number of nitrogens with zero attached hydrogens (tertiary/aromatic N) is 3. The molecule has 2 aromatic rings. The molecule has 7 heteroatoms. The van der Waals surface area contributed by atoms with E-state index in [4.69, 9.17) is 9.78 Å². The highest BCUT2D eigenvalue weighted by atomic mass is 32.2. The van der Waals surface area contributed by atoms with Gasteiger partial charge in [-0.1, -0.05) is 17.3 Å². The fraction of sp³-hybridized carbons (Fsp3) is 0.167. The standard InChI is InChI=1S/C12H9N3O3S/c1-17-12(16)9-4-2-8(3-5-9)11-14-10(18-15-11)6-19-7-13/h2-5H,6H2,1H3. The van der Waals surface area contributed by atoms with Crippen molar-refractivity contribution in [3.05, 3.63) is 35.7 Å². The zero-order valence-electron chi connectivity index (χ0n) is 9.99. The molecule has 0 amide bonds. The first-order chi connectivity index (χ1) is 9.24. The van der Waals surface area contributed by atoms with E-state index in [1.54, 1.807) is 24.3 Å². The molecule has 0 radical (unpaired) electrons. The van der Waals surface area contributed by atoms with Gasteiger partial charge in [0.05, 0.1) is 18.4 Å². The van der Waals surface area contributed by atoms with Gasteiger partial charge in [-0.2, -0.15) is 10.2 Å². The first-order valence-electron chi connectivity index (χ1n) is 5.27. The molecular formula is C12H9N3O3S. The van der Waals surface area contributed by atoms with Crippen molar-refractivity contribution in [2.45, 2.75) is 5.75 Å². The van der Waals surface area contributed by atoms with Crippen LogP contribution in [-0.2, 0) is 10.5 Å². The van der Waals surface area contributed by atoms with Crippen molar-refractivity contribution >= 4 is 17.7 Å². The minimum Gasteiger partial charge on any atom is -0.465 e. The Morgan fingerprint density at radius 2 is 2.21 bits per heavy atom. The number of thioether (sulfide) groups is 1. The number of aromatic nitrogens is 2. The van der Waals surface area contributed by atoms with Crippen LogP contribution in [0.4, 0.5) is 0 Å². The molecule has 0 aliphatic rings. The van der Waals surface area contributed by atoms with E-state index in [1.165, 1.54) is 7.11 Å². The van der Waals surface area contributed by atoms with Crippen LogP contribution in [0.5, 0.6) is 0 Å². The molecule has 0 aliphatic carbocycles. The maximum atomic E-state index is 11.3. The minimum absolute atomic E-state index is 0.351. The van der Waals surface area contributed by atoms with Crippen LogP contribution in [0.2, 0.25) is 0 Å². The molecule has 19 heavy (non-hydrogen) atoms. The number of rotatable bonds is 4. The van der Waals surface area contributed by atoms with Crippen LogP contribution in [0.25, 0.3) is 11.4 Å². The summed E-state index contributed by atoms with van der Waals surface area (Å²) >= 11 is 1.03. The number of carbonyl (C=O) groups is 1. The predicted molar refractivity (Wildman–Crippen MR) is 68.0 cm³/mol. The molecule has 0 aliphatic heterocycles. The topological polar surface area (TPSA) is 89.0 Å². The van der Waals surface area contributed by atoms with Crippen LogP contribution < -0.4 is 0 Å². The monoisotopic (exact) mass is 275 g/mol. The zero-order valence-corrected chi connectivity index (χ0v) is 10.8. The van der Waals surface area contributed by atoms with Gasteiger partial charge in [-0.15, -0.1) is 0 Å². The second-order valence-corrected chi connectivity index (χ2v) is 4.22. The van der Waals surface area contributed by atoms with Crippen molar-refractivity contribution in [3.8, 4) is 16.8 Å². The Kier molecular flexibility index (Phi) is 4.15. The number of thiocyanates is 1. The Bertz CT molecular complexity index is 616. The third-order valence-corrected chi connectivity index (χ3v) is 2.81. The molecule has 0 saturated carbocycles. The molecule has 0 N–H and O–H groups in total. The zero-order chi connectivity index (χ0) is 13.7. The summed E-state index contributed by atoms with van der Waals surface area (Å²) in [7, 11) is 1.33. The number of methoxy groups -OCH3 is 1. The first-order valence-corrected chi connectivity index (χ1v) is 6.25. The van der Waals surface area contributed by atoms with Gasteiger partial charge in [0, 0.05) is 5.56 Å². The van der Waals surface area contributed by atoms with Crippen molar-refractivity contribution in [3.63, 3.8) is 0 Å². The Hall–Kier alpha value is -2.33. The van der Waals surface area contributed by atoms with E-state index in [0.29, 0.717) is 23.0 Å². The van der Waals surface area contributed by atoms with E-state index in [9.17, 15) is 4.79 Å². The van der Waals surface area contributed by atoms with Gasteiger partial charge in [-0.25, -0.2) is 4.79 Å². The fourth-order valence-corrected chi connectivity index (χ4v) is 1.70. The molecule has 1 heterocycles. The molecule has 2 rings (SSSR count). The van der Waals surface area contributed by atoms with E-state index in [2.05, 4.69) is 14.9 Å². The van der Waals surface area contributed by atoms with Gasteiger partial charge < -0.3 is 9.26 Å². The average molecular weight is 275 g/mol. The van der Waals surface area contributed by atoms with Crippen LogP contribution in [0.3, 0.4) is 0 Å². The number of hydrogen-bond donors (Lipinski definition) is 0. The average Bonchev–Trinajstić information content (AvgIpc) is 2.93. The minimum atomic E-state index is -0.397. The molecular weight excluding hydrogens is 266 g/mol. The van der Waals surface area contributed by atoms with E-state index in [1.807, 2.05) is 5.40 Å². The third-order valence-electron chi connectivity index (χ3n) is 2.29. The summed E-state index contributed by atoms with van der Waals surface area (Å²) in [6, 6.07) is 6.67.